The molecular weight excluding hydrogens is 417 g/mol. The number of benzene rings is 1. The standard InChI is InChI=1S/C23H29ClFN5O/c1-30(2)21-17-5-3-4-6-20(17)28-23(29-21)27-16-10-8-15(9-11-16)26-22(31)14-7-12-19(25)18(24)13-14/h7,12-13,15-16H,3-6,8-11H2,1-2H3,(H,26,31)(H,27,28,29)/t15-,16+. The molecule has 0 aliphatic heterocycles. The van der Waals surface area contributed by atoms with E-state index in [1.54, 1.807) is 0 Å². The second kappa shape index (κ2) is 9.39. The Labute approximate surface area is 187 Å². The first-order valence-corrected chi connectivity index (χ1v) is 11.4. The molecular formula is C23H29ClFN5O. The van der Waals surface area contributed by atoms with Gasteiger partial charge in [-0.2, -0.15) is 4.98 Å². The number of amides is 1. The highest BCUT2D eigenvalue weighted by atomic mass is 35.5. The number of rotatable bonds is 5. The van der Waals surface area contributed by atoms with E-state index in [0.717, 1.165) is 44.3 Å². The van der Waals surface area contributed by atoms with Crippen LogP contribution in [0.25, 0.3) is 0 Å². The smallest absolute Gasteiger partial charge is 0.251 e. The van der Waals surface area contributed by atoms with E-state index < -0.39 is 5.82 Å². The zero-order valence-corrected chi connectivity index (χ0v) is 18.8. The summed E-state index contributed by atoms with van der Waals surface area (Å²) in [4.78, 5) is 24.1. The van der Waals surface area contributed by atoms with Gasteiger partial charge in [-0.25, -0.2) is 9.37 Å². The molecule has 1 aromatic heterocycles. The van der Waals surface area contributed by atoms with Gasteiger partial charge >= 0.3 is 0 Å². The molecule has 0 spiro atoms. The maximum absolute atomic E-state index is 13.3. The number of halogens is 2. The Kier molecular flexibility index (Phi) is 6.60. The maximum Gasteiger partial charge on any atom is 0.251 e. The Hall–Kier alpha value is -2.41. The number of hydrogen-bond donors (Lipinski definition) is 2. The predicted octanol–water partition coefficient (Wildman–Crippen LogP) is 4.37. The van der Waals surface area contributed by atoms with Crippen molar-refractivity contribution in [3.8, 4) is 0 Å². The van der Waals surface area contributed by atoms with Gasteiger partial charge in [0.15, 0.2) is 0 Å². The lowest BCUT2D eigenvalue weighted by Gasteiger charge is -2.30. The molecule has 6 nitrogen and oxygen atoms in total. The van der Waals surface area contributed by atoms with Crippen LogP contribution in [-0.4, -0.2) is 42.1 Å². The molecule has 0 radical (unpaired) electrons. The van der Waals surface area contributed by atoms with Gasteiger partial charge in [0, 0.05) is 37.3 Å². The lowest BCUT2D eigenvalue weighted by atomic mass is 9.91. The molecule has 166 valence electrons. The minimum absolute atomic E-state index is 0.0392. The third-order valence-electron chi connectivity index (χ3n) is 6.16. The number of carbonyl (C=O) groups excluding carboxylic acids is 1. The fraction of sp³-hybridized carbons (Fsp3) is 0.522. The van der Waals surface area contributed by atoms with Gasteiger partial charge in [0.05, 0.1) is 10.7 Å². The first kappa shape index (κ1) is 21.8. The quantitative estimate of drug-likeness (QED) is 0.715. The van der Waals surface area contributed by atoms with Crippen LogP contribution in [0.1, 0.15) is 60.1 Å². The van der Waals surface area contributed by atoms with Crippen LogP contribution in [0.3, 0.4) is 0 Å². The van der Waals surface area contributed by atoms with Crippen molar-refractivity contribution in [3.63, 3.8) is 0 Å². The van der Waals surface area contributed by atoms with Crippen LogP contribution in [-0.2, 0) is 12.8 Å². The van der Waals surface area contributed by atoms with E-state index >= 15 is 0 Å². The van der Waals surface area contributed by atoms with Gasteiger partial charge in [0.25, 0.3) is 5.91 Å². The van der Waals surface area contributed by atoms with Crippen LogP contribution < -0.4 is 15.5 Å². The molecule has 31 heavy (non-hydrogen) atoms. The number of carbonyl (C=O) groups is 1. The molecule has 1 fully saturated rings. The van der Waals surface area contributed by atoms with Crippen molar-refractivity contribution in [2.75, 3.05) is 24.3 Å². The molecule has 0 bridgehead atoms. The highest BCUT2D eigenvalue weighted by molar-refractivity contribution is 6.31. The molecule has 1 amide bonds. The van der Waals surface area contributed by atoms with Gasteiger partial charge < -0.3 is 15.5 Å². The first-order chi connectivity index (χ1) is 14.9. The van der Waals surface area contributed by atoms with Crippen molar-refractivity contribution in [3.05, 3.63) is 45.9 Å². The molecule has 0 saturated heterocycles. The van der Waals surface area contributed by atoms with Crippen molar-refractivity contribution in [2.24, 2.45) is 0 Å². The van der Waals surface area contributed by atoms with Crippen LogP contribution >= 0.6 is 11.6 Å². The Morgan fingerprint density at radius 1 is 1.10 bits per heavy atom. The number of aryl methyl sites for hydroxylation is 1. The van der Waals surface area contributed by atoms with Gasteiger partial charge in [-0.05, 0) is 69.6 Å². The second-order valence-corrected chi connectivity index (χ2v) is 9.10. The lowest BCUT2D eigenvalue weighted by Crippen LogP contribution is -2.40. The van der Waals surface area contributed by atoms with Crippen LogP contribution in [0.5, 0.6) is 0 Å². The summed E-state index contributed by atoms with van der Waals surface area (Å²) in [5, 5.41) is 6.53. The molecule has 2 aromatic rings. The largest absolute Gasteiger partial charge is 0.362 e. The molecule has 2 aliphatic rings. The summed E-state index contributed by atoms with van der Waals surface area (Å²) in [7, 11) is 4.06. The molecule has 1 saturated carbocycles. The number of fused-ring (bicyclic) bond motifs is 1. The van der Waals surface area contributed by atoms with E-state index in [1.165, 1.54) is 42.3 Å². The minimum Gasteiger partial charge on any atom is -0.362 e. The van der Waals surface area contributed by atoms with Gasteiger partial charge in [-0.15, -0.1) is 0 Å². The predicted molar refractivity (Wildman–Crippen MR) is 122 cm³/mol. The van der Waals surface area contributed by atoms with E-state index in [4.69, 9.17) is 21.6 Å². The summed E-state index contributed by atoms with van der Waals surface area (Å²) in [6.07, 6.45) is 8.02. The van der Waals surface area contributed by atoms with Gasteiger partial charge in [-0.3, -0.25) is 4.79 Å². The Bertz CT molecular complexity index is 959. The van der Waals surface area contributed by atoms with Crippen molar-refractivity contribution < 1.29 is 9.18 Å². The fourth-order valence-electron chi connectivity index (χ4n) is 4.48. The molecule has 1 heterocycles. The summed E-state index contributed by atoms with van der Waals surface area (Å²) >= 11 is 5.79. The van der Waals surface area contributed by atoms with Crippen LogP contribution in [0, 0.1) is 5.82 Å². The topological polar surface area (TPSA) is 70.2 Å². The highest BCUT2D eigenvalue weighted by Crippen LogP contribution is 2.29. The summed E-state index contributed by atoms with van der Waals surface area (Å²) in [5.41, 5.74) is 2.84. The van der Waals surface area contributed by atoms with Crippen molar-refractivity contribution in [1.82, 2.24) is 15.3 Å². The molecule has 0 atom stereocenters. The van der Waals surface area contributed by atoms with Gasteiger partial charge in [0.2, 0.25) is 5.95 Å². The minimum atomic E-state index is -0.522. The monoisotopic (exact) mass is 445 g/mol. The van der Waals surface area contributed by atoms with E-state index in [1.807, 2.05) is 14.1 Å². The summed E-state index contributed by atoms with van der Waals surface area (Å²) in [5.74, 6) is 0.988. The fourth-order valence-corrected chi connectivity index (χ4v) is 4.66. The average Bonchev–Trinajstić information content (AvgIpc) is 2.76. The van der Waals surface area contributed by atoms with Crippen LogP contribution in [0.2, 0.25) is 5.02 Å². The number of hydrogen-bond acceptors (Lipinski definition) is 5. The summed E-state index contributed by atoms with van der Waals surface area (Å²) < 4.78 is 13.3. The lowest BCUT2D eigenvalue weighted by molar-refractivity contribution is 0.0926. The molecule has 2 N–H and O–H groups in total. The van der Waals surface area contributed by atoms with Gasteiger partial charge in [-0.1, -0.05) is 11.6 Å². The summed E-state index contributed by atoms with van der Waals surface area (Å²) in [6.45, 7) is 0. The second-order valence-electron chi connectivity index (χ2n) is 8.69. The van der Waals surface area contributed by atoms with E-state index in [-0.39, 0.29) is 23.0 Å². The van der Waals surface area contributed by atoms with Crippen molar-refractivity contribution in [1.29, 1.82) is 0 Å². The van der Waals surface area contributed by atoms with Gasteiger partial charge in [0.1, 0.15) is 11.6 Å². The Balaban J connectivity index is 1.34. The SMILES string of the molecule is CN(C)c1nc(N[C@H]2CC[C@@H](NC(=O)c3ccc(F)c(Cl)c3)CC2)nc2c1CCCC2. The molecule has 2 aliphatic carbocycles. The van der Waals surface area contributed by atoms with E-state index in [2.05, 4.69) is 15.5 Å². The summed E-state index contributed by atoms with van der Waals surface area (Å²) in [6, 6.07) is 4.43. The molecule has 0 unspecified atom stereocenters. The average molecular weight is 446 g/mol. The molecule has 1 aromatic carbocycles. The van der Waals surface area contributed by atoms with E-state index in [9.17, 15) is 9.18 Å². The maximum atomic E-state index is 13.3. The number of aromatic nitrogens is 2. The van der Waals surface area contributed by atoms with Crippen molar-refractivity contribution >= 4 is 29.3 Å². The number of nitrogens with zero attached hydrogens (tertiary/aromatic N) is 3. The van der Waals surface area contributed by atoms with Crippen LogP contribution in [0.4, 0.5) is 16.2 Å². The Morgan fingerprint density at radius 2 is 1.81 bits per heavy atom. The number of anilines is 2. The zero-order chi connectivity index (χ0) is 22.0. The number of nitrogens with one attached hydrogen (secondary N) is 2. The first-order valence-electron chi connectivity index (χ1n) is 11.0. The molecule has 4 rings (SSSR count). The Morgan fingerprint density at radius 3 is 2.52 bits per heavy atom. The zero-order valence-electron chi connectivity index (χ0n) is 18.0. The van der Waals surface area contributed by atoms with E-state index in [0.29, 0.717) is 11.5 Å². The van der Waals surface area contributed by atoms with Crippen molar-refractivity contribution in [2.45, 2.75) is 63.5 Å². The third kappa shape index (κ3) is 5.09. The normalized spacial score (nSPS) is 20.6. The third-order valence-corrected chi connectivity index (χ3v) is 6.45. The molecule has 8 heteroatoms. The van der Waals surface area contributed by atoms with Crippen LogP contribution in [0.15, 0.2) is 18.2 Å². The highest BCUT2D eigenvalue weighted by Gasteiger charge is 2.25.